The number of carbonyl (C=O) groups is 1. The number of imidazole rings is 1. The molecule has 2 saturated heterocycles. The van der Waals surface area contributed by atoms with E-state index in [-0.39, 0.29) is 11.9 Å². The molecule has 6 nitrogen and oxygen atoms in total. The quantitative estimate of drug-likeness (QED) is 0.825. The van der Waals surface area contributed by atoms with Crippen LogP contribution in [0.1, 0.15) is 24.8 Å². The average Bonchev–Trinajstić information content (AvgIpc) is 3.38. The van der Waals surface area contributed by atoms with Crippen LogP contribution >= 0.6 is 0 Å². The molecule has 1 aromatic heterocycles. The molecule has 2 fully saturated rings. The minimum Gasteiger partial charge on any atom is -0.378 e. The topological polar surface area (TPSA) is 50.6 Å². The predicted molar refractivity (Wildman–Crippen MR) is 99.0 cm³/mol. The zero-order valence-electron chi connectivity index (χ0n) is 15.1. The highest BCUT2D eigenvalue weighted by Gasteiger charge is 2.28. The minimum absolute atomic E-state index is 0.171. The highest BCUT2D eigenvalue weighted by atomic mass is 16.5. The Morgan fingerprint density at radius 2 is 1.96 bits per heavy atom. The molecule has 0 radical (unpaired) electrons. The number of aromatic nitrogens is 2. The van der Waals surface area contributed by atoms with Crippen molar-refractivity contribution in [2.45, 2.75) is 31.8 Å². The standard InChI is InChI=1S/C20H26N4O2/c25-20(22-8-1-2-9-22)13-19-15-26-12-11-23(19)14-17-3-5-18(6-4-17)24-10-7-21-16-24/h3-7,10,16,19H,1-2,8-9,11-15H2. The summed E-state index contributed by atoms with van der Waals surface area (Å²) in [7, 11) is 0. The van der Waals surface area contributed by atoms with Crippen LogP contribution in [0.4, 0.5) is 0 Å². The second-order valence-electron chi connectivity index (χ2n) is 7.13. The summed E-state index contributed by atoms with van der Waals surface area (Å²) in [6, 6.07) is 8.71. The normalized spacial score (nSPS) is 21.2. The van der Waals surface area contributed by atoms with Crippen molar-refractivity contribution in [2.24, 2.45) is 0 Å². The lowest BCUT2D eigenvalue weighted by molar-refractivity contribution is -0.133. The van der Waals surface area contributed by atoms with E-state index in [4.69, 9.17) is 4.74 Å². The van der Waals surface area contributed by atoms with E-state index in [0.29, 0.717) is 13.0 Å². The smallest absolute Gasteiger partial charge is 0.224 e. The van der Waals surface area contributed by atoms with E-state index in [1.54, 1.807) is 12.5 Å². The Labute approximate surface area is 154 Å². The molecule has 4 rings (SSSR count). The maximum atomic E-state index is 12.5. The largest absolute Gasteiger partial charge is 0.378 e. The Hall–Kier alpha value is -2.18. The van der Waals surface area contributed by atoms with Crippen molar-refractivity contribution in [3.05, 3.63) is 48.5 Å². The van der Waals surface area contributed by atoms with Gasteiger partial charge in [-0.1, -0.05) is 12.1 Å². The Morgan fingerprint density at radius 3 is 2.69 bits per heavy atom. The lowest BCUT2D eigenvalue weighted by atomic mass is 10.1. The molecule has 1 unspecified atom stereocenters. The van der Waals surface area contributed by atoms with E-state index in [2.05, 4.69) is 34.1 Å². The minimum atomic E-state index is 0.171. The molecule has 3 heterocycles. The molecule has 138 valence electrons. The van der Waals surface area contributed by atoms with Crippen LogP contribution in [0, 0.1) is 0 Å². The highest BCUT2D eigenvalue weighted by molar-refractivity contribution is 5.77. The number of hydrogen-bond donors (Lipinski definition) is 0. The van der Waals surface area contributed by atoms with Crippen LogP contribution in [0.2, 0.25) is 0 Å². The van der Waals surface area contributed by atoms with Gasteiger partial charge in [0, 0.05) is 56.7 Å². The van der Waals surface area contributed by atoms with E-state index < -0.39 is 0 Å². The summed E-state index contributed by atoms with van der Waals surface area (Å²) in [4.78, 5) is 21.0. The van der Waals surface area contributed by atoms with Crippen LogP contribution < -0.4 is 0 Å². The van der Waals surface area contributed by atoms with Crippen molar-refractivity contribution in [2.75, 3.05) is 32.8 Å². The van der Waals surface area contributed by atoms with E-state index >= 15 is 0 Å². The van der Waals surface area contributed by atoms with Crippen LogP contribution in [-0.2, 0) is 16.1 Å². The zero-order chi connectivity index (χ0) is 17.8. The second kappa shape index (κ2) is 8.01. The highest BCUT2D eigenvalue weighted by Crippen LogP contribution is 2.19. The number of nitrogens with zero attached hydrogens (tertiary/aromatic N) is 4. The van der Waals surface area contributed by atoms with E-state index in [1.165, 1.54) is 5.56 Å². The fraction of sp³-hybridized carbons (Fsp3) is 0.500. The molecule has 0 N–H and O–H groups in total. The molecule has 0 bridgehead atoms. The number of likely N-dealkylation sites (tertiary alicyclic amines) is 1. The summed E-state index contributed by atoms with van der Waals surface area (Å²) in [5.74, 6) is 0.276. The summed E-state index contributed by atoms with van der Waals surface area (Å²) in [5, 5.41) is 0. The number of morpholine rings is 1. The monoisotopic (exact) mass is 354 g/mol. The summed E-state index contributed by atoms with van der Waals surface area (Å²) >= 11 is 0. The fourth-order valence-electron chi connectivity index (χ4n) is 3.80. The van der Waals surface area contributed by atoms with Gasteiger partial charge in [-0.15, -0.1) is 0 Å². The average molecular weight is 354 g/mol. The second-order valence-corrected chi connectivity index (χ2v) is 7.13. The van der Waals surface area contributed by atoms with Crippen molar-refractivity contribution < 1.29 is 9.53 Å². The van der Waals surface area contributed by atoms with Gasteiger partial charge in [0.25, 0.3) is 0 Å². The number of benzene rings is 1. The molecule has 2 aromatic rings. The Kier molecular flexibility index (Phi) is 5.32. The van der Waals surface area contributed by atoms with Crippen molar-refractivity contribution >= 4 is 5.91 Å². The van der Waals surface area contributed by atoms with Crippen LogP contribution in [-0.4, -0.2) is 64.1 Å². The molecular formula is C20H26N4O2. The van der Waals surface area contributed by atoms with Crippen LogP contribution in [0.5, 0.6) is 0 Å². The number of hydrogen-bond acceptors (Lipinski definition) is 4. The zero-order valence-corrected chi connectivity index (χ0v) is 15.1. The molecule has 1 aromatic carbocycles. The van der Waals surface area contributed by atoms with Crippen LogP contribution in [0.15, 0.2) is 43.0 Å². The fourth-order valence-corrected chi connectivity index (χ4v) is 3.80. The molecule has 1 atom stereocenters. The van der Waals surface area contributed by atoms with Gasteiger partial charge < -0.3 is 14.2 Å². The molecule has 1 amide bonds. The summed E-state index contributed by atoms with van der Waals surface area (Å²) in [6.07, 6.45) is 8.37. The van der Waals surface area contributed by atoms with E-state index in [0.717, 1.165) is 51.3 Å². The van der Waals surface area contributed by atoms with Crippen LogP contribution in [0.25, 0.3) is 5.69 Å². The molecule has 2 aliphatic rings. The van der Waals surface area contributed by atoms with Gasteiger partial charge in [-0.3, -0.25) is 9.69 Å². The first-order chi connectivity index (χ1) is 12.8. The van der Waals surface area contributed by atoms with Crippen LogP contribution in [0.3, 0.4) is 0 Å². The van der Waals surface area contributed by atoms with Gasteiger partial charge in [0.15, 0.2) is 0 Å². The predicted octanol–water partition coefficient (Wildman–Crippen LogP) is 2.09. The Morgan fingerprint density at radius 1 is 1.15 bits per heavy atom. The molecular weight excluding hydrogens is 328 g/mol. The number of ether oxygens (including phenoxy) is 1. The van der Waals surface area contributed by atoms with Gasteiger partial charge in [0.05, 0.1) is 19.5 Å². The first kappa shape index (κ1) is 17.2. The van der Waals surface area contributed by atoms with Crippen molar-refractivity contribution in [3.63, 3.8) is 0 Å². The Bertz CT molecular complexity index is 708. The molecule has 0 saturated carbocycles. The third-order valence-corrected chi connectivity index (χ3v) is 5.34. The van der Waals surface area contributed by atoms with Gasteiger partial charge in [-0.2, -0.15) is 0 Å². The van der Waals surface area contributed by atoms with E-state index in [1.807, 2.05) is 15.7 Å². The first-order valence-corrected chi connectivity index (χ1v) is 9.46. The van der Waals surface area contributed by atoms with Gasteiger partial charge in [-0.25, -0.2) is 4.98 Å². The third-order valence-electron chi connectivity index (χ3n) is 5.34. The van der Waals surface area contributed by atoms with Gasteiger partial charge >= 0.3 is 0 Å². The third kappa shape index (κ3) is 3.97. The SMILES string of the molecule is O=C(CC1COCCN1Cc1ccc(-n2ccnc2)cc1)N1CCCC1. The van der Waals surface area contributed by atoms with Gasteiger partial charge in [0.2, 0.25) is 5.91 Å². The number of carbonyl (C=O) groups excluding carboxylic acids is 1. The Balaban J connectivity index is 1.39. The number of amides is 1. The van der Waals surface area contributed by atoms with E-state index in [9.17, 15) is 4.79 Å². The molecule has 6 heteroatoms. The molecule has 2 aliphatic heterocycles. The van der Waals surface area contributed by atoms with Crippen molar-refractivity contribution in [1.82, 2.24) is 19.4 Å². The lowest BCUT2D eigenvalue weighted by Crippen LogP contribution is -2.47. The van der Waals surface area contributed by atoms with Crippen molar-refractivity contribution in [3.8, 4) is 5.69 Å². The summed E-state index contributed by atoms with van der Waals surface area (Å²) < 4.78 is 7.66. The number of rotatable bonds is 5. The molecule has 0 spiro atoms. The maximum absolute atomic E-state index is 12.5. The van der Waals surface area contributed by atoms with Crippen molar-refractivity contribution in [1.29, 1.82) is 0 Å². The molecule has 0 aliphatic carbocycles. The first-order valence-electron chi connectivity index (χ1n) is 9.46. The van der Waals surface area contributed by atoms with Gasteiger partial charge in [-0.05, 0) is 30.5 Å². The summed E-state index contributed by atoms with van der Waals surface area (Å²) in [5.41, 5.74) is 2.36. The van der Waals surface area contributed by atoms with Gasteiger partial charge in [0.1, 0.15) is 0 Å². The lowest BCUT2D eigenvalue weighted by Gasteiger charge is -2.36. The molecule has 26 heavy (non-hydrogen) atoms. The maximum Gasteiger partial charge on any atom is 0.224 e. The summed E-state index contributed by atoms with van der Waals surface area (Å²) in [6.45, 7) is 4.95.